The lowest BCUT2D eigenvalue weighted by Gasteiger charge is -2.22. The number of unbranched alkanes of at least 4 members (excludes halogenated alkanes) is 1. The Kier molecular flexibility index (Phi) is 13.6. The van der Waals surface area contributed by atoms with E-state index in [2.05, 4.69) is 34.9 Å². The molecule has 262 valence electrons. The highest BCUT2D eigenvalue weighted by molar-refractivity contribution is 5.87. The number of hydrogen-bond donors (Lipinski definition) is 2. The number of ether oxygens (including phenoxy) is 3. The van der Waals surface area contributed by atoms with E-state index in [4.69, 9.17) is 14.2 Å². The van der Waals surface area contributed by atoms with E-state index in [0.717, 1.165) is 27.8 Å². The molecule has 0 aliphatic heterocycles. The molecule has 3 aromatic carbocycles. The van der Waals surface area contributed by atoms with Crippen LogP contribution in [0.5, 0.6) is 0 Å². The SMILES string of the molecule is CCN(CCCC(=O)[C@H](CCCCNC(=O)OC(C)(C)C)NC(=O)OCC1c2ccccc2-c2ccccc21)C(=O)OCc1ccccc1. The topological polar surface area (TPSA) is 123 Å². The maximum Gasteiger partial charge on any atom is 0.410 e. The molecule has 10 heteroatoms. The fourth-order valence-corrected chi connectivity index (χ4v) is 5.88. The molecule has 1 aliphatic rings. The van der Waals surface area contributed by atoms with Crippen molar-refractivity contribution in [2.75, 3.05) is 26.2 Å². The summed E-state index contributed by atoms with van der Waals surface area (Å²) in [7, 11) is 0. The standard InChI is InChI=1S/C39H49N3O7/c1-5-42(38(46)48-26-28-16-7-6-8-17-28)25-15-23-35(43)34(22-13-14-24-40-36(44)49-39(2,3)4)41-37(45)47-27-33-31-20-11-9-18-29(31)30-19-10-12-21-32(30)33/h6-12,16-21,33-34H,5,13-15,22-27H2,1-4H3,(H,40,44)(H,41,45)/t34-/m0/s1. The van der Waals surface area contributed by atoms with Crippen LogP contribution in [0.25, 0.3) is 11.1 Å². The molecule has 0 heterocycles. The maximum absolute atomic E-state index is 13.5. The van der Waals surface area contributed by atoms with Gasteiger partial charge in [-0.1, -0.05) is 78.9 Å². The highest BCUT2D eigenvalue weighted by Gasteiger charge is 2.30. The number of carbonyl (C=O) groups is 4. The highest BCUT2D eigenvalue weighted by Crippen LogP contribution is 2.44. The number of amides is 3. The molecule has 3 amide bonds. The number of ketones is 1. The highest BCUT2D eigenvalue weighted by atomic mass is 16.6. The van der Waals surface area contributed by atoms with Crippen molar-refractivity contribution in [2.45, 2.75) is 84.0 Å². The van der Waals surface area contributed by atoms with Crippen LogP contribution in [-0.2, 0) is 25.6 Å². The number of carbonyl (C=O) groups excluding carboxylic acids is 4. The third-order valence-corrected chi connectivity index (χ3v) is 8.31. The van der Waals surface area contributed by atoms with Gasteiger partial charge in [0.2, 0.25) is 0 Å². The Morgan fingerprint density at radius 1 is 0.796 bits per heavy atom. The number of Topliss-reactive ketones (excluding diaryl/α,β-unsaturated/α-hetero) is 1. The summed E-state index contributed by atoms with van der Waals surface area (Å²) in [5.74, 6) is -0.254. The van der Waals surface area contributed by atoms with E-state index in [1.54, 1.807) is 25.7 Å². The molecule has 4 rings (SSSR count). The molecule has 0 fully saturated rings. The number of benzene rings is 3. The average Bonchev–Trinajstić information content (AvgIpc) is 3.40. The van der Waals surface area contributed by atoms with Gasteiger partial charge in [-0.3, -0.25) is 4.79 Å². The number of alkyl carbamates (subject to hydrolysis) is 2. The van der Waals surface area contributed by atoms with Crippen LogP contribution < -0.4 is 10.6 Å². The molecule has 2 N–H and O–H groups in total. The van der Waals surface area contributed by atoms with E-state index in [1.807, 2.05) is 61.5 Å². The summed E-state index contributed by atoms with van der Waals surface area (Å²) in [5, 5.41) is 5.53. The van der Waals surface area contributed by atoms with Gasteiger partial charge in [0.15, 0.2) is 5.78 Å². The molecule has 0 aromatic heterocycles. The molecule has 0 bridgehead atoms. The molecule has 1 atom stereocenters. The smallest absolute Gasteiger partial charge is 0.410 e. The van der Waals surface area contributed by atoms with Gasteiger partial charge < -0.3 is 29.7 Å². The first kappa shape index (κ1) is 37.0. The zero-order valence-corrected chi connectivity index (χ0v) is 29.0. The Balaban J connectivity index is 1.30. The third kappa shape index (κ3) is 11.4. The van der Waals surface area contributed by atoms with Crippen LogP contribution in [0.1, 0.15) is 82.4 Å². The Morgan fingerprint density at radius 3 is 2.06 bits per heavy atom. The normalized spacial score (nSPS) is 12.7. The van der Waals surface area contributed by atoms with E-state index in [0.29, 0.717) is 45.3 Å². The average molecular weight is 672 g/mol. The van der Waals surface area contributed by atoms with Crippen LogP contribution in [0, 0.1) is 0 Å². The molecular weight excluding hydrogens is 622 g/mol. The van der Waals surface area contributed by atoms with E-state index in [-0.39, 0.29) is 31.3 Å². The molecule has 1 aliphatic carbocycles. The van der Waals surface area contributed by atoms with Crippen molar-refractivity contribution in [3.05, 3.63) is 95.6 Å². The first-order valence-corrected chi connectivity index (χ1v) is 17.1. The van der Waals surface area contributed by atoms with E-state index < -0.39 is 29.9 Å². The van der Waals surface area contributed by atoms with Gasteiger partial charge in [-0.2, -0.15) is 0 Å². The summed E-state index contributed by atoms with van der Waals surface area (Å²) in [6, 6.07) is 24.9. The Hall–Kier alpha value is -4.86. The number of fused-ring (bicyclic) bond motifs is 3. The van der Waals surface area contributed by atoms with Gasteiger partial charge >= 0.3 is 18.3 Å². The summed E-state index contributed by atoms with van der Waals surface area (Å²) in [6.07, 6.45) is 0.504. The molecule has 0 spiro atoms. The first-order valence-electron chi connectivity index (χ1n) is 17.1. The molecule has 10 nitrogen and oxygen atoms in total. The third-order valence-electron chi connectivity index (χ3n) is 8.31. The fourth-order valence-electron chi connectivity index (χ4n) is 5.88. The largest absolute Gasteiger partial charge is 0.449 e. The second-order valence-electron chi connectivity index (χ2n) is 13.1. The lowest BCUT2D eigenvalue weighted by molar-refractivity contribution is -0.121. The van der Waals surface area contributed by atoms with Crippen molar-refractivity contribution in [1.82, 2.24) is 15.5 Å². The number of hydrogen-bond acceptors (Lipinski definition) is 7. The summed E-state index contributed by atoms with van der Waals surface area (Å²) < 4.78 is 16.5. The molecule has 0 saturated carbocycles. The van der Waals surface area contributed by atoms with Crippen LogP contribution in [-0.4, -0.2) is 66.8 Å². The van der Waals surface area contributed by atoms with Gasteiger partial charge in [0.1, 0.15) is 18.8 Å². The zero-order valence-electron chi connectivity index (χ0n) is 29.0. The second-order valence-corrected chi connectivity index (χ2v) is 13.1. The summed E-state index contributed by atoms with van der Waals surface area (Å²) in [5.41, 5.74) is 4.76. The van der Waals surface area contributed by atoms with Gasteiger partial charge in [0.25, 0.3) is 0 Å². The quantitative estimate of drug-likeness (QED) is 0.119. The van der Waals surface area contributed by atoms with Crippen LogP contribution in [0.4, 0.5) is 14.4 Å². The molecule has 0 radical (unpaired) electrons. The molecule has 3 aromatic rings. The monoisotopic (exact) mass is 671 g/mol. The molecule has 0 saturated heterocycles. The molecular formula is C39H49N3O7. The van der Waals surface area contributed by atoms with Crippen molar-refractivity contribution < 1.29 is 33.4 Å². The second kappa shape index (κ2) is 18.1. The van der Waals surface area contributed by atoms with Crippen molar-refractivity contribution >= 4 is 24.1 Å². The minimum atomic E-state index is -0.780. The van der Waals surface area contributed by atoms with Crippen LogP contribution in [0.2, 0.25) is 0 Å². The fraction of sp³-hybridized carbons (Fsp3) is 0.436. The molecule has 49 heavy (non-hydrogen) atoms. The summed E-state index contributed by atoms with van der Waals surface area (Å²) in [6.45, 7) is 8.71. The minimum Gasteiger partial charge on any atom is -0.449 e. The molecule has 0 unspecified atom stereocenters. The number of nitrogens with one attached hydrogen (secondary N) is 2. The first-order chi connectivity index (χ1) is 23.6. The summed E-state index contributed by atoms with van der Waals surface area (Å²) in [4.78, 5) is 52.8. The maximum atomic E-state index is 13.5. The van der Waals surface area contributed by atoms with E-state index in [9.17, 15) is 19.2 Å². The number of rotatable bonds is 16. The Bertz CT molecular complexity index is 1510. The lowest BCUT2D eigenvalue weighted by Crippen LogP contribution is -2.42. The van der Waals surface area contributed by atoms with Gasteiger partial charge in [0, 0.05) is 32.0 Å². The van der Waals surface area contributed by atoms with Gasteiger partial charge in [-0.15, -0.1) is 0 Å². The van der Waals surface area contributed by atoms with Crippen molar-refractivity contribution in [3.63, 3.8) is 0 Å². The predicted molar refractivity (Wildman–Crippen MR) is 188 cm³/mol. The summed E-state index contributed by atoms with van der Waals surface area (Å²) >= 11 is 0. The Morgan fingerprint density at radius 2 is 1.43 bits per heavy atom. The minimum absolute atomic E-state index is 0.104. The van der Waals surface area contributed by atoms with Crippen molar-refractivity contribution in [3.8, 4) is 11.1 Å². The van der Waals surface area contributed by atoms with Crippen LogP contribution in [0.15, 0.2) is 78.9 Å². The number of nitrogens with zero attached hydrogens (tertiary/aromatic N) is 1. The van der Waals surface area contributed by atoms with Crippen LogP contribution in [0.3, 0.4) is 0 Å². The van der Waals surface area contributed by atoms with Gasteiger partial charge in [0.05, 0.1) is 6.04 Å². The van der Waals surface area contributed by atoms with Crippen LogP contribution >= 0.6 is 0 Å². The van der Waals surface area contributed by atoms with E-state index >= 15 is 0 Å². The van der Waals surface area contributed by atoms with E-state index in [1.165, 1.54) is 0 Å². The van der Waals surface area contributed by atoms with Gasteiger partial charge in [-0.05, 0) is 81.2 Å². The zero-order chi connectivity index (χ0) is 35.2. The van der Waals surface area contributed by atoms with Crippen molar-refractivity contribution in [2.24, 2.45) is 0 Å². The lowest BCUT2D eigenvalue weighted by atomic mass is 9.98. The Labute approximate surface area is 289 Å². The van der Waals surface area contributed by atoms with Crippen molar-refractivity contribution in [1.29, 1.82) is 0 Å². The van der Waals surface area contributed by atoms with Gasteiger partial charge in [-0.25, -0.2) is 14.4 Å². The predicted octanol–water partition coefficient (Wildman–Crippen LogP) is 7.60.